The summed E-state index contributed by atoms with van der Waals surface area (Å²) < 4.78 is 66.5. The number of carbonyl (C=O) groups is 1. The molecule has 1 unspecified atom stereocenters. The number of piperidine rings is 1. The Morgan fingerprint density at radius 1 is 1.05 bits per heavy atom. The third-order valence-electron chi connectivity index (χ3n) is 6.95. The van der Waals surface area contributed by atoms with E-state index in [1.165, 1.54) is 0 Å². The molecular formula is C25H24ClF5N6O. The van der Waals surface area contributed by atoms with Crippen molar-refractivity contribution in [1.82, 2.24) is 25.2 Å². The molecule has 0 saturated carbocycles. The summed E-state index contributed by atoms with van der Waals surface area (Å²) >= 11 is 6.39. The highest BCUT2D eigenvalue weighted by atomic mass is 35.5. The number of likely N-dealkylation sites (tertiary alicyclic amines) is 1. The molecule has 202 valence electrons. The summed E-state index contributed by atoms with van der Waals surface area (Å²) in [5.74, 6) is -3.83. The summed E-state index contributed by atoms with van der Waals surface area (Å²) in [6.45, 7) is 1.73. The standard InChI is InChI=1S/C25H24ClF5N6O/c26-17-3-4-18-16(2-5-20(35-18)37-8-1-9-37)21(17)22(38)32-14-19(36-10-6-24(27,28)7-11-36)15-12-33-23(34-13-15)25(29,30)31/h2-5,12-13,19H,1,6-11,14H2,(H,32,38). The molecule has 7 nitrogen and oxygen atoms in total. The monoisotopic (exact) mass is 554 g/mol. The smallest absolute Gasteiger partial charge is 0.356 e. The second-order valence-electron chi connectivity index (χ2n) is 9.45. The second-order valence-corrected chi connectivity index (χ2v) is 9.86. The molecule has 38 heavy (non-hydrogen) atoms. The van der Waals surface area contributed by atoms with Crippen LogP contribution < -0.4 is 10.2 Å². The van der Waals surface area contributed by atoms with Gasteiger partial charge in [-0.3, -0.25) is 9.69 Å². The van der Waals surface area contributed by atoms with Gasteiger partial charge in [-0.15, -0.1) is 0 Å². The minimum Gasteiger partial charge on any atom is -0.356 e. The zero-order valence-electron chi connectivity index (χ0n) is 20.1. The lowest BCUT2D eigenvalue weighted by Crippen LogP contribution is -2.45. The van der Waals surface area contributed by atoms with Gasteiger partial charge in [0.15, 0.2) is 0 Å². The van der Waals surface area contributed by atoms with Crippen molar-refractivity contribution in [2.24, 2.45) is 0 Å². The van der Waals surface area contributed by atoms with Crippen molar-refractivity contribution in [2.45, 2.75) is 37.4 Å². The molecule has 0 spiro atoms. The lowest BCUT2D eigenvalue weighted by Gasteiger charge is -2.37. The fourth-order valence-electron chi connectivity index (χ4n) is 4.67. The van der Waals surface area contributed by atoms with E-state index in [1.807, 2.05) is 6.07 Å². The summed E-state index contributed by atoms with van der Waals surface area (Å²) in [7, 11) is 0. The van der Waals surface area contributed by atoms with Gasteiger partial charge in [0.25, 0.3) is 11.8 Å². The Labute approximate surface area is 220 Å². The fraction of sp³-hybridized carbons (Fsp3) is 0.440. The van der Waals surface area contributed by atoms with E-state index in [-0.39, 0.29) is 35.8 Å². The molecule has 2 aliphatic heterocycles. The molecule has 0 bridgehead atoms. The highest BCUT2D eigenvalue weighted by Crippen LogP contribution is 2.33. The van der Waals surface area contributed by atoms with Crippen molar-refractivity contribution in [2.75, 3.05) is 37.6 Å². The Morgan fingerprint density at radius 2 is 1.74 bits per heavy atom. The van der Waals surface area contributed by atoms with E-state index in [2.05, 4.69) is 25.2 Å². The molecule has 2 aromatic heterocycles. The number of nitrogens with zero attached hydrogens (tertiary/aromatic N) is 5. The van der Waals surface area contributed by atoms with Gasteiger partial charge >= 0.3 is 6.18 Å². The van der Waals surface area contributed by atoms with Crippen LogP contribution in [0.1, 0.15) is 47.1 Å². The van der Waals surface area contributed by atoms with E-state index in [4.69, 9.17) is 11.6 Å². The van der Waals surface area contributed by atoms with E-state index in [0.717, 1.165) is 37.7 Å². The van der Waals surface area contributed by atoms with Crippen molar-refractivity contribution in [1.29, 1.82) is 0 Å². The number of hydrogen-bond donors (Lipinski definition) is 1. The number of carbonyl (C=O) groups excluding carboxylic acids is 1. The number of fused-ring (bicyclic) bond motifs is 1. The van der Waals surface area contributed by atoms with E-state index in [0.29, 0.717) is 10.9 Å². The first kappa shape index (κ1) is 26.5. The third-order valence-corrected chi connectivity index (χ3v) is 7.26. The van der Waals surface area contributed by atoms with Crippen LogP contribution in [0.3, 0.4) is 0 Å². The minimum absolute atomic E-state index is 0.00716. The van der Waals surface area contributed by atoms with Crippen LogP contribution in [0.5, 0.6) is 0 Å². The molecule has 3 aromatic rings. The lowest BCUT2D eigenvalue weighted by molar-refractivity contribution is -0.145. The predicted octanol–water partition coefficient (Wildman–Crippen LogP) is 5.11. The van der Waals surface area contributed by atoms with Crippen LogP contribution in [0.4, 0.5) is 27.8 Å². The number of anilines is 1. The van der Waals surface area contributed by atoms with Crippen molar-refractivity contribution in [3.8, 4) is 0 Å². The van der Waals surface area contributed by atoms with Crippen LogP contribution in [0, 0.1) is 0 Å². The summed E-state index contributed by atoms with van der Waals surface area (Å²) in [5, 5.41) is 3.54. The lowest BCUT2D eigenvalue weighted by atomic mass is 10.0. The van der Waals surface area contributed by atoms with Crippen molar-refractivity contribution >= 4 is 34.2 Å². The van der Waals surface area contributed by atoms with Gasteiger partial charge in [-0.2, -0.15) is 13.2 Å². The number of nitrogens with one attached hydrogen (secondary N) is 1. The molecule has 4 heterocycles. The van der Waals surface area contributed by atoms with Gasteiger partial charge in [-0.05, 0) is 30.7 Å². The van der Waals surface area contributed by atoms with E-state index in [1.54, 1.807) is 23.1 Å². The molecule has 2 aliphatic rings. The van der Waals surface area contributed by atoms with Gasteiger partial charge in [0.1, 0.15) is 5.82 Å². The quantitative estimate of drug-likeness (QED) is 0.427. The van der Waals surface area contributed by atoms with Crippen molar-refractivity contribution in [3.05, 3.63) is 58.6 Å². The largest absolute Gasteiger partial charge is 0.451 e. The maximum atomic E-state index is 13.8. The second kappa shape index (κ2) is 10.2. The van der Waals surface area contributed by atoms with Crippen LogP contribution in [0.15, 0.2) is 36.7 Å². The first-order valence-electron chi connectivity index (χ1n) is 12.2. The highest BCUT2D eigenvalue weighted by molar-refractivity contribution is 6.35. The Bertz CT molecular complexity index is 1320. The normalized spacial score (nSPS) is 18.7. The minimum atomic E-state index is -4.72. The molecule has 5 rings (SSSR count). The molecule has 1 atom stereocenters. The molecule has 0 aliphatic carbocycles. The van der Waals surface area contributed by atoms with Gasteiger partial charge in [0.05, 0.1) is 22.1 Å². The Morgan fingerprint density at radius 3 is 2.34 bits per heavy atom. The van der Waals surface area contributed by atoms with E-state index in [9.17, 15) is 26.7 Å². The SMILES string of the molecule is O=C(NCC(c1cnc(C(F)(F)F)nc1)N1CCC(F)(F)CC1)c1c(Cl)ccc2nc(N3CCC3)ccc12. The maximum absolute atomic E-state index is 13.8. The third kappa shape index (κ3) is 5.51. The van der Waals surface area contributed by atoms with Crippen LogP contribution in [0.25, 0.3) is 10.9 Å². The molecular weight excluding hydrogens is 531 g/mol. The van der Waals surface area contributed by atoms with Crippen LogP contribution in [-0.2, 0) is 6.18 Å². The molecule has 13 heteroatoms. The fourth-order valence-corrected chi connectivity index (χ4v) is 4.92. The van der Waals surface area contributed by atoms with Crippen LogP contribution >= 0.6 is 11.6 Å². The van der Waals surface area contributed by atoms with Crippen molar-refractivity contribution < 1.29 is 26.7 Å². The van der Waals surface area contributed by atoms with Gasteiger partial charge in [-0.1, -0.05) is 11.6 Å². The number of benzene rings is 1. The van der Waals surface area contributed by atoms with Crippen molar-refractivity contribution in [3.63, 3.8) is 0 Å². The predicted molar refractivity (Wildman–Crippen MR) is 131 cm³/mol. The molecule has 0 radical (unpaired) electrons. The number of pyridine rings is 1. The average Bonchev–Trinajstić information content (AvgIpc) is 2.83. The van der Waals surface area contributed by atoms with Crippen LogP contribution in [-0.4, -0.2) is 64.4 Å². The first-order chi connectivity index (χ1) is 18.0. The summed E-state index contributed by atoms with van der Waals surface area (Å²) in [5.41, 5.74) is 1.07. The number of rotatable bonds is 6. The van der Waals surface area contributed by atoms with Crippen LogP contribution in [0.2, 0.25) is 5.02 Å². The van der Waals surface area contributed by atoms with E-state index < -0.39 is 42.7 Å². The Hall–Kier alpha value is -3.12. The average molecular weight is 555 g/mol. The molecule has 1 aromatic carbocycles. The summed E-state index contributed by atoms with van der Waals surface area (Å²) in [6.07, 6.45) is -2.40. The number of halogens is 6. The van der Waals surface area contributed by atoms with Gasteiger partial charge in [0.2, 0.25) is 5.82 Å². The topological polar surface area (TPSA) is 74.2 Å². The summed E-state index contributed by atoms with van der Waals surface area (Å²) in [4.78, 5) is 28.6. The molecule has 2 saturated heterocycles. The number of amides is 1. The molecule has 1 amide bonds. The number of hydrogen-bond acceptors (Lipinski definition) is 6. The summed E-state index contributed by atoms with van der Waals surface area (Å²) in [6, 6.07) is 6.20. The zero-order chi connectivity index (χ0) is 27.1. The molecule has 1 N–H and O–H groups in total. The van der Waals surface area contributed by atoms with Gasteiger partial charge in [0, 0.05) is 68.9 Å². The maximum Gasteiger partial charge on any atom is 0.451 e. The highest BCUT2D eigenvalue weighted by Gasteiger charge is 2.38. The zero-order valence-corrected chi connectivity index (χ0v) is 20.9. The number of aromatic nitrogens is 3. The Kier molecular flexibility index (Phi) is 7.12. The Balaban J connectivity index is 1.39. The first-order valence-corrected chi connectivity index (χ1v) is 12.5. The van der Waals surface area contributed by atoms with E-state index >= 15 is 0 Å². The van der Waals surface area contributed by atoms with Gasteiger partial charge < -0.3 is 10.2 Å². The molecule has 2 fully saturated rings. The van der Waals surface area contributed by atoms with Gasteiger partial charge in [-0.25, -0.2) is 23.7 Å². The number of alkyl halides is 5.